The lowest BCUT2D eigenvalue weighted by atomic mass is 10.0. The van der Waals surface area contributed by atoms with Crippen LogP contribution in [0.1, 0.15) is 6.92 Å². The maximum Gasteiger partial charge on any atom is 0.191 e. The molecule has 0 unspecified atom stereocenters. The van der Waals surface area contributed by atoms with Crippen LogP contribution in [0.4, 0.5) is 5.69 Å². The van der Waals surface area contributed by atoms with Crippen molar-refractivity contribution >= 4 is 18.1 Å². The van der Waals surface area contributed by atoms with E-state index >= 15 is 0 Å². The topological polar surface area (TPSA) is 75.3 Å². The zero-order chi connectivity index (χ0) is 14.6. The van der Waals surface area contributed by atoms with Gasteiger partial charge in [-0.15, -0.1) is 12.4 Å². The number of aliphatic hydroxyl groups is 2. The Balaban J connectivity index is 0.00000220. The summed E-state index contributed by atoms with van der Waals surface area (Å²) < 4.78 is 11.2. The fourth-order valence-electron chi connectivity index (χ4n) is 2.12. The molecule has 21 heavy (non-hydrogen) atoms. The summed E-state index contributed by atoms with van der Waals surface area (Å²) in [4.78, 5) is 3.34. The summed E-state index contributed by atoms with van der Waals surface area (Å²) in [7, 11) is 0. The van der Waals surface area contributed by atoms with E-state index in [1.807, 2.05) is 6.92 Å². The third kappa shape index (κ3) is 3.77. The van der Waals surface area contributed by atoms with Crippen molar-refractivity contribution in [3.05, 3.63) is 29.6 Å². The third-order valence-electron chi connectivity index (χ3n) is 3.26. The van der Waals surface area contributed by atoms with Gasteiger partial charge in [0.05, 0.1) is 19.8 Å². The van der Waals surface area contributed by atoms with Crippen LogP contribution in [0.15, 0.2) is 18.2 Å². The number of β-amino-alcohol motifs (C(OH)–C–C–N with tert-alkyl or cyclic N) is 1. The van der Waals surface area contributed by atoms with Gasteiger partial charge in [0, 0.05) is 13.1 Å². The number of ether oxygens (including phenoxy) is 2. The lowest BCUT2D eigenvalue weighted by molar-refractivity contribution is -0.0637. The van der Waals surface area contributed by atoms with E-state index in [9.17, 15) is 10.2 Å². The summed E-state index contributed by atoms with van der Waals surface area (Å²) in [5.74, 6) is 0.924. The van der Waals surface area contributed by atoms with E-state index in [1.165, 1.54) is 0 Å². The predicted octanol–water partition coefficient (Wildman–Crippen LogP) is 1.13. The van der Waals surface area contributed by atoms with Gasteiger partial charge in [-0.1, -0.05) is 6.07 Å². The number of nitrogens with one attached hydrogen (secondary N) is 1. The molecule has 0 saturated carbocycles. The van der Waals surface area contributed by atoms with Crippen molar-refractivity contribution in [2.75, 3.05) is 26.3 Å². The van der Waals surface area contributed by atoms with Crippen molar-refractivity contribution in [1.82, 2.24) is 5.32 Å². The lowest BCUT2D eigenvalue weighted by Crippen LogP contribution is -2.48. The number of aliphatic hydroxyl groups excluding tert-OH is 1. The predicted molar refractivity (Wildman–Crippen MR) is 80.4 cm³/mol. The first-order chi connectivity index (χ1) is 9.62. The first-order valence-corrected chi connectivity index (χ1v) is 6.48. The van der Waals surface area contributed by atoms with Gasteiger partial charge in [0.25, 0.3) is 0 Å². The van der Waals surface area contributed by atoms with Gasteiger partial charge in [-0.05, 0) is 19.1 Å². The number of benzene rings is 1. The fourth-order valence-corrected chi connectivity index (χ4v) is 2.12. The highest BCUT2D eigenvalue weighted by atomic mass is 35.5. The summed E-state index contributed by atoms with van der Waals surface area (Å²) in [6, 6.07) is 4.88. The van der Waals surface area contributed by atoms with Gasteiger partial charge in [-0.3, -0.25) is 0 Å². The molecule has 1 fully saturated rings. The van der Waals surface area contributed by atoms with Crippen molar-refractivity contribution in [2.24, 2.45) is 0 Å². The van der Waals surface area contributed by atoms with Crippen LogP contribution < -0.4 is 14.8 Å². The van der Waals surface area contributed by atoms with Crippen molar-refractivity contribution in [2.45, 2.75) is 18.6 Å². The first kappa shape index (κ1) is 17.5. The Hall–Kier alpha value is -1.52. The van der Waals surface area contributed by atoms with Crippen LogP contribution in [-0.2, 0) is 0 Å². The summed E-state index contributed by atoms with van der Waals surface area (Å²) in [5, 5.41) is 22.5. The molecule has 1 aliphatic rings. The van der Waals surface area contributed by atoms with E-state index in [0.717, 1.165) is 0 Å². The molecule has 1 aromatic rings. The highest BCUT2D eigenvalue weighted by Gasteiger charge is 2.43. The molecule has 116 valence electrons. The molecule has 2 atom stereocenters. The minimum Gasteiger partial charge on any atom is -0.491 e. The highest BCUT2D eigenvalue weighted by Crippen LogP contribution is 2.34. The van der Waals surface area contributed by atoms with E-state index in [1.54, 1.807) is 18.2 Å². The van der Waals surface area contributed by atoms with E-state index in [4.69, 9.17) is 16.0 Å². The number of halogens is 1. The summed E-state index contributed by atoms with van der Waals surface area (Å²) in [6.45, 7) is 9.63. The quantitative estimate of drug-likeness (QED) is 0.711. The monoisotopic (exact) mass is 314 g/mol. The second-order valence-corrected chi connectivity index (χ2v) is 4.67. The van der Waals surface area contributed by atoms with Crippen LogP contribution >= 0.6 is 12.4 Å². The summed E-state index contributed by atoms with van der Waals surface area (Å²) >= 11 is 0. The van der Waals surface area contributed by atoms with Crippen LogP contribution in [0.3, 0.4) is 0 Å². The third-order valence-corrected chi connectivity index (χ3v) is 3.26. The Bertz CT molecular complexity index is 520. The minimum absolute atomic E-state index is 0. The first-order valence-electron chi connectivity index (χ1n) is 6.48. The largest absolute Gasteiger partial charge is 0.491 e. The molecule has 7 heteroatoms. The molecule has 0 spiro atoms. The molecule has 2 rings (SSSR count). The highest BCUT2D eigenvalue weighted by molar-refractivity contribution is 5.85. The van der Waals surface area contributed by atoms with Crippen molar-refractivity contribution in [3.63, 3.8) is 0 Å². The molecular formula is C14H19ClN2O4. The van der Waals surface area contributed by atoms with Crippen molar-refractivity contribution in [3.8, 4) is 11.5 Å². The molecule has 0 radical (unpaired) electrons. The Kier molecular flexibility index (Phi) is 6.24. The fraction of sp³-hybridized carbons (Fsp3) is 0.500. The molecule has 3 N–H and O–H groups in total. The molecule has 1 heterocycles. The average molecular weight is 315 g/mol. The molecular weight excluding hydrogens is 296 g/mol. The molecule has 0 amide bonds. The van der Waals surface area contributed by atoms with E-state index in [0.29, 0.717) is 30.3 Å². The van der Waals surface area contributed by atoms with Crippen molar-refractivity contribution < 1.29 is 19.7 Å². The van der Waals surface area contributed by atoms with E-state index in [2.05, 4.69) is 10.2 Å². The van der Waals surface area contributed by atoms with Gasteiger partial charge >= 0.3 is 0 Å². The second-order valence-electron chi connectivity index (χ2n) is 4.67. The maximum atomic E-state index is 10.2. The Morgan fingerprint density at radius 1 is 1.48 bits per heavy atom. The standard InChI is InChI=1S/C14H18N2O4.ClH/c1-3-19-12-6-10(15-2)4-5-11(12)20-13-7-16-8-14(13,18)9-17;/h4-6,13,16-18H,3,7-9H2,1H3;1H/t13-,14+;/m0./s1. The maximum absolute atomic E-state index is 10.2. The van der Waals surface area contributed by atoms with Gasteiger partial charge in [-0.2, -0.15) is 0 Å². The summed E-state index contributed by atoms with van der Waals surface area (Å²) in [6.07, 6.45) is -0.564. The van der Waals surface area contributed by atoms with Gasteiger partial charge in [0.1, 0.15) is 11.7 Å². The molecule has 0 bridgehead atoms. The van der Waals surface area contributed by atoms with Crippen molar-refractivity contribution in [1.29, 1.82) is 0 Å². The molecule has 1 saturated heterocycles. The Morgan fingerprint density at radius 2 is 2.24 bits per heavy atom. The van der Waals surface area contributed by atoms with Crippen LogP contribution in [-0.4, -0.2) is 48.2 Å². The normalized spacial score (nSPS) is 24.0. The molecule has 1 aromatic carbocycles. The van der Waals surface area contributed by atoms with Crippen LogP contribution in [0.2, 0.25) is 0 Å². The summed E-state index contributed by atoms with van der Waals surface area (Å²) in [5.41, 5.74) is -0.843. The lowest BCUT2D eigenvalue weighted by Gasteiger charge is -2.28. The molecule has 0 aliphatic carbocycles. The number of rotatable bonds is 5. The van der Waals surface area contributed by atoms with E-state index < -0.39 is 11.7 Å². The number of nitrogens with zero attached hydrogens (tertiary/aromatic N) is 1. The zero-order valence-corrected chi connectivity index (χ0v) is 12.5. The Morgan fingerprint density at radius 3 is 2.86 bits per heavy atom. The molecule has 0 aromatic heterocycles. The van der Waals surface area contributed by atoms with Crippen LogP contribution in [0.25, 0.3) is 4.85 Å². The number of hydrogen-bond donors (Lipinski definition) is 3. The van der Waals surface area contributed by atoms with Gasteiger partial charge in [0.15, 0.2) is 17.2 Å². The molecule has 6 nitrogen and oxygen atoms in total. The SMILES string of the molecule is Cl.[C-]#[N+]c1ccc(O[C@H]2CNC[C@@]2(O)CO)c(OCC)c1. The van der Waals surface area contributed by atoms with Crippen LogP contribution in [0, 0.1) is 6.57 Å². The smallest absolute Gasteiger partial charge is 0.191 e. The molecule has 1 aliphatic heterocycles. The Labute approximate surface area is 129 Å². The van der Waals surface area contributed by atoms with E-state index in [-0.39, 0.29) is 25.6 Å². The van der Waals surface area contributed by atoms with Gasteiger partial charge < -0.3 is 25.0 Å². The minimum atomic E-state index is -1.30. The average Bonchev–Trinajstić information content (AvgIpc) is 2.83. The van der Waals surface area contributed by atoms with Crippen LogP contribution in [0.5, 0.6) is 11.5 Å². The second kappa shape index (κ2) is 7.48. The number of hydrogen-bond acceptors (Lipinski definition) is 5. The van der Waals surface area contributed by atoms with Gasteiger partial charge in [0.2, 0.25) is 0 Å². The van der Waals surface area contributed by atoms with Gasteiger partial charge in [-0.25, -0.2) is 4.85 Å². The zero-order valence-electron chi connectivity index (χ0n) is 11.7.